The molecule has 1 aromatic heterocycles. The SMILES string of the molecule is COC(=O)/C=C/c1nn(Cc2ccc(F)cc2Cl)c2cc(C)ccc12. The zero-order valence-electron chi connectivity index (χ0n) is 13.8. The van der Waals surface area contributed by atoms with Crippen LogP contribution < -0.4 is 0 Å². The number of hydrogen-bond donors (Lipinski definition) is 0. The van der Waals surface area contributed by atoms with Crippen LogP contribution in [0.5, 0.6) is 0 Å². The van der Waals surface area contributed by atoms with E-state index in [2.05, 4.69) is 9.84 Å². The molecule has 3 rings (SSSR count). The number of benzene rings is 2. The third-order valence-electron chi connectivity index (χ3n) is 3.85. The standard InChI is InChI=1S/C19H16ClFN2O2/c1-12-3-6-15-17(7-8-19(24)25-2)22-23(18(15)9-12)11-13-4-5-14(21)10-16(13)20/h3-10H,11H2,1-2H3/b8-7+. The monoisotopic (exact) mass is 358 g/mol. The molecule has 6 heteroatoms. The smallest absolute Gasteiger partial charge is 0.330 e. The second-order valence-electron chi connectivity index (χ2n) is 5.66. The number of rotatable bonds is 4. The van der Waals surface area contributed by atoms with Crippen molar-refractivity contribution in [2.45, 2.75) is 13.5 Å². The number of fused-ring (bicyclic) bond motifs is 1. The summed E-state index contributed by atoms with van der Waals surface area (Å²) in [5.41, 5.74) is 3.41. The molecule has 0 fully saturated rings. The third kappa shape index (κ3) is 3.72. The number of hydrogen-bond acceptors (Lipinski definition) is 3. The van der Waals surface area contributed by atoms with Crippen molar-refractivity contribution in [1.82, 2.24) is 9.78 Å². The van der Waals surface area contributed by atoms with E-state index >= 15 is 0 Å². The van der Waals surface area contributed by atoms with Gasteiger partial charge in [-0.25, -0.2) is 9.18 Å². The van der Waals surface area contributed by atoms with Gasteiger partial charge in [0.15, 0.2) is 0 Å². The molecular weight excluding hydrogens is 343 g/mol. The summed E-state index contributed by atoms with van der Waals surface area (Å²) >= 11 is 6.13. The first-order valence-corrected chi connectivity index (χ1v) is 8.03. The fraction of sp³-hybridized carbons (Fsp3) is 0.158. The number of methoxy groups -OCH3 is 1. The van der Waals surface area contributed by atoms with Crippen LogP contribution in [0.3, 0.4) is 0 Å². The molecule has 0 saturated heterocycles. The number of ether oxygens (including phenoxy) is 1. The first-order chi connectivity index (χ1) is 12.0. The van der Waals surface area contributed by atoms with Gasteiger partial charge in [-0.15, -0.1) is 0 Å². The van der Waals surface area contributed by atoms with Crippen LogP contribution in [0.25, 0.3) is 17.0 Å². The highest BCUT2D eigenvalue weighted by atomic mass is 35.5. The number of carbonyl (C=O) groups excluding carboxylic acids is 1. The lowest BCUT2D eigenvalue weighted by molar-refractivity contribution is -0.134. The van der Waals surface area contributed by atoms with E-state index in [9.17, 15) is 9.18 Å². The number of halogens is 2. The Morgan fingerprint density at radius 3 is 2.84 bits per heavy atom. The lowest BCUT2D eigenvalue weighted by Crippen LogP contribution is -2.03. The van der Waals surface area contributed by atoms with Gasteiger partial charge in [0.2, 0.25) is 0 Å². The largest absolute Gasteiger partial charge is 0.466 e. The summed E-state index contributed by atoms with van der Waals surface area (Å²) in [6.07, 6.45) is 2.95. The molecule has 25 heavy (non-hydrogen) atoms. The van der Waals surface area contributed by atoms with E-state index in [0.29, 0.717) is 17.3 Å². The van der Waals surface area contributed by atoms with Gasteiger partial charge in [0, 0.05) is 16.5 Å². The van der Waals surface area contributed by atoms with E-state index in [1.807, 2.05) is 25.1 Å². The highest BCUT2D eigenvalue weighted by Gasteiger charge is 2.11. The molecule has 3 aromatic rings. The van der Waals surface area contributed by atoms with Crippen LogP contribution in [-0.4, -0.2) is 22.9 Å². The Labute approximate surface area is 149 Å². The molecular formula is C19H16ClFN2O2. The molecule has 0 spiro atoms. The Bertz CT molecular complexity index is 979. The second kappa shape index (κ2) is 7.07. The quantitative estimate of drug-likeness (QED) is 0.513. The summed E-state index contributed by atoms with van der Waals surface area (Å²) < 4.78 is 19.7. The molecule has 0 saturated carbocycles. The van der Waals surface area contributed by atoms with Crippen LogP contribution in [0, 0.1) is 12.7 Å². The molecule has 0 atom stereocenters. The van der Waals surface area contributed by atoms with E-state index in [4.69, 9.17) is 11.6 Å². The number of carbonyl (C=O) groups is 1. The van der Waals surface area contributed by atoms with Crippen LogP contribution in [0.1, 0.15) is 16.8 Å². The predicted octanol–water partition coefficient (Wildman–Crippen LogP) is 4.37. The molecule has 2 aromatic carbocycles. The maximum absolute atomic E-state index is 13.2. The van der Waals surface area contributed by atoms with Gasteiger partial charge >= 0.3 is 5.97 Å². The topological polar surface area (TPSA) is 44.1 Å². The highest BCUT2D eigenvalue weighted by Crippen LogP contribution is 2.24. The van der Waals surface area contributed by atoms with Crippen molar-refractivity contribution >= 4 is 34.5 Å². The number of aryl methyl sites for hydroxylation is 1. The molecule has 1 heterocycles. The highest BCUT2D eigenvalue weighted by molar-refractivity contribution is 6.31. The van der Waals surface area contributed by atoms with E-state index < -0.39 is 5.97 Å². The second-order valence-corrected chi connectivity index (χ2v) is 6.06. The number of nitrogens with zero attached hydrogens (tertiary/aromatic N) is 2. The van der Waals surface area contributed by atoms with E-state index in [-0.39, 0.29) is 5.82 Å². The van der Waals surface area contributed by atoms with Gasteiger partial charge in [-0.3, -0.25) is 4.68 Å². The first kappa shape index (κ1) is 17.2. The van der Waals surface area contributed by atoms with Crippen molar-refractivity contribution in [2.75, 3.05) is 7.11 Å². The molecule has 0 bridgehead atoms. The van der Waals surface area contributed by atoms with Gasteiger partial charge in [0.05, 0.1) is 24.9 Å². The molecule has 4 nitrogen and oxygen atoms in total. The van der Waals surface area contributed by atoms with Crippen molar-refractivity contribution in [2.24, 2.45) is 0 Å². The molecule has 0 amide bonds. The van der Waals surface area contributed by atoms with Crippen molar-refractivity contribution < 1.29 is 13.9 Å². The van der Waals surface area contributed by atoms with Crippen molar-refractivity contribution in [1.29, 1.82) is 0 Å². The van der Waals surface area contributed by atoms with E-state index in [0.717, 1.165) is 22.0 Å². The van der Waals surface area contributed by atoms with Crippen molar-refractivity contribution in [3.63, 3.8) is 0 Å². The molecule has 128 valence electrons. The van der Waals surface area contributed by atoms with Crippen LogP contribution in [-0.2, 0) is 16.1 Å². The zero-order valence-corrected chi connectivity index (χ0v) is 14.5. The normalized spacial score (nSPS) is 11.4. The van der Waals surface area contributed by atoms with Gasteiger partial charge in [0.1, 0.15) is 5.82 Å². The maximum atomic E-state index is 13.2. The molecule has 0 aliphatic heterocycles. The number of aromatic nitrogens is 2. The Kier molecular flexibility index (Phi) is 4.86. The minimum Gasteiger partial charge on any atom is -0.466 e. The van der Waals surface area contributed by atoms with Crippen LogP contribution in [0.4, 0.5) is 4.39 Å². The summed E-state index contributed by atoms with van der Waals surface area (Å²) in [5, 5.41) is 5.82. The average Bonchev–Trinajstić information content (AvgIpc) is 2.92. The fourth-order valence-corrected chi connectivity index (χ4v) is 2.81. The van der Waals surface area contributed by atoms with Crippen LogP contribution >= 0.6 is 11.6 Å². The first-order valence-electron chi connectivity index (χ1n) is 7.65. The minimum absolute atomic E-state index is 0.350. The van der Waals surface area contributed by atoms with Crippen LogP contribution in [0.15, 0.2) is 42.5 Å². The Morgan fingerprint density at radius 1 is 1.32 bits per heavy atom. The number of esters is 1. The Morgan fingerprint density at radius 2 is 2.12 bits per heavy atom. The van der Waals surface area contributed by atoms with Gasteiger partial charge in [-0.2, -0.15) is 5.10 Å². The Hall–Kier alpha value is -2.66. The molecule has 0 aliphatic rings. The summed E-state index contributed by atoms with van der Waals surface area (Å²) in [6.45, 7) is 2.39. The average molecular weight is 359 g/mol. The van der Waals surface area contributed by atoms with Crippen molar-refractivity contribution in [3.8, 4) is 0 Å². The van der Waals surface area contributed by atoms with Crippen molar-refractivity contribution in [3.05, 3.63) is 70.1 Å². The van der Waals surface area contributed by atoms with Gasteiger partial charge in [-0.1, -0.05) is 29.8 Å². The summed E-state index contributed by atoms with van der Waals surface area (Å²) in [4.78, 5) is 11.4. The van der Waals surface area contributed by atoms with Gasteiger partial charge in [0.25, 0.3) is 0 Å². The summed E-state index contributed by atoms with van der Waals surface area (Å²) in [7, 11) is 1.32. The minimum atomic E-state index is -0.448. The summed E-state index contributed by atoms with van der Waals surface area (Å²) in [5.74, 6) is -0.826. The lowest BCUT2D eigenvalue weighted by Gasteiger charge is -2.06. The van der Waals surface area contributed by atoms with Gasteiger partial charge in [-0.05, 0) is 42.3 Å². The molecule has 0 N–H and O–H groups in total. The molecule has 0 radical (unpaired) electrons. The van der Waals surface area contributed by atoms with E-state index in [1.54, 1.807) is 16.8 Å². The zero-order chi connectivity index (χ0) is 18.0. The van der Waals surface area contributed by atoms with E-state index in [1.165, 1.54) is 25.3 Å². The maximum Gasteiger partial charge on any atom is 0.330 e. The summed E-state index contributed by atoms with van der Waals surface area (Å²) in [6, 6.07) is 10.2. The van der Waals surface area contributed by atoms with Gasteiger partial charge < -0.3 is 4.74 Å². The lowest BCUT2D eigenvalue weighted by atomic mass is 10.1. The predicted molar refractivity (Wildman–Crippen MR) is 96.0 cm³/mol. The Balaban J connectivity index is 2.06. The molecule has 0 unspecified atom stereocenters. The van der Waals surface area contributed by atoms with Crippen LogP contribution in [0.2, 0.25) is 5.02 Å². The fourth-order valence-electron chi connectivity index (χ4n) is 2.58. The third-order valence-corrected chi connectivity index (χ3v) is 4.20. The molecule has 0 aliphatic carbocycles.